The van der Waals surface area contributed by atoms with Crippen molar-refractivity contribution in [3.63, 3.8) is 0 Å². The Morgan fingerprint density at radius 1 is 1.53 bits per heavy atom. The topological polar surface area (TPSA) is 52.6 Å². The number of likely N-dealkylation sites (tertiary alicyclic amines) is 1. The molecule has 0 aromatic rings. The van der Waals surface area contributed by atoms with E-state index in [-0.39, 0.29) is 5.91 Å². The number of carbonyl (C=O) groups is 1. The minimum Gasteiger partial charge on any atom is -0.386 e. The van der Waals surface area contributed by atoms with Crippen LogP contribution in [0.3, 0.4) is 0 Å². The first-order valence-corrected chi connectivity index (χ1v) is 5.75. The van der Waals surface area contributed by atoms with Crippen molar-refractivity contribution in [1.29, 1.82) is 0 Å². The number of nitrogens with zero attached hydrogens (tertiary/aromatic N) is 1. The van der Waals surface area contributed by atoms with Crippen molar-refractivity contribution in [3.8, 4) is 0 Å². The van der Waals surface area contributed by atoms with Crippen molar-refractivity contribution in [2.24, 2.45) is 5.92 Å². The van der Waals surface area contributed by atoms with Gasteiger partial charge < -0.3 is 15.3 Å². The molecule has 1 heterocycles. The summed E-state index contributed by atoms with van der Waals surface area (Å²) in [5, 5.41) is 13.1. The zero-order chi connectivity index (χ0) is 11.1. The SMILES string of the molecule is CC(C)NCC(=O)N1CC(O)(C2CC2)C1. The fourth-order valence-electron chi connectivity index (χ4n) is 2.07. The average molecular weight is 212 g/mol. The van der Waals surface area contributed by atoms with Crippen LogP contribution in [-0.2, 0) is 4.79 Å². The zero-order valence-electron chi connectivity index (χ0n) is 9.49. The summed E-state index contributed by atoms with van der Waals surface area (Å²) in [4.78, 5) is 13.4. The molecule has 0 aromatic carbocycles. The third-order valence-corrected chi connectivity index (χ3v) is 3.28. The van der Waals surface area contributed by atoms with E-state index in [2.05, 4.69) is 5.32 Å². The predicted octanol–water partition coefficient (Wildman–Crippen LogP) is -0.0323. The highest BCUT2D eigenvalue weighted by Crippen LogP contribution is 2.44. The van der Waals surface area contributed by atoms with Gasteiger partial charge in [-0.1, -0.05) is 13.8 Å². The van der Waals surface area contributed by atoms with Crippen LogP contribution in [0.2, 0.25) is 0 Å². The Morgan fingerprint density at radius 2 is 2.13 bits per heavy atom. The number of carbonyl (C=O) groups excluding carboxylic acids is 1. The van der Waals surface area contributed by atoms with Gasteiger partial charge in [-0.3, -0.25) is 4.79 Å². The third kappa shape index (κ3) is 2.32. The van der Waals surface area contributed by atoms with Crippen LogP contribution in [-0.4, -0.2) is 47.2 Å². The number of amides is 1. The molecule has 2 rings (SSSR count). The Bertz CT molecular complexity index is 255. The van der Waals surface area contributed by atoms with Crippen molar-refractivity contribution in [2.45, 2.75) is 38.3 Å². The molecule has 0 aromatic heterocycles. The first kappa shape index (κ1) is 10.9. The van der Waals surface area contributed by atoms with Crippen LogP contribution in [0.1, 0.15) is 26.7 Å². The highest BCUT2D eigenvalue weighted by Gasteiger charge is 2.52. The molecular formula is C11H20N2O2. The maximum Gasteiger partial charge on any atom is 0.236 e. The summed E-state index contributed by atoms with van der Waals surface area (Å²) in [6.45, 7) is 5.50. The highest BCUT2D eigenvalue weighted by atomic mass is 16.3. The van der Waals surface area contributed by atoms with Gasteiger partial charge in [0.05, 0.1) is 19.6 Å². The first-order chi connectivity index (χ1) is 7.01. The van der Waals surface area contributed by atoms with Crippen LogP contribution in [0.25, 0.3) is 0 Å². The van der Waals surface area contributed by atoms with E-state index in [9.17, 15) is 9.90 Å². The Balaban J connectivity index is 1.71. The van der Waals surface area contributed by atoms with E-state index >= 15 is 0 Å². The van der Waals surface area contributed by atoms with Gasteiger partial charge in [-0.25, -0.2) is 0 Å². The molecule has 0 atom stereocenters. The molecule has 0 radical (unpaired) electrons. The Kier molecular flexibility index (Phi) is 2.73. The van der Waals surface area contributed by atoms with E-state index in [0.717, 1.165) is 12.8 Å². The van der Waals surface area contributed by atoms with Gasteiger partial charge in [0, 0.05) is 6.04 Å². The molecule has 2 N–H and O–H groups in total. The van der Waals surface area contributed by atoms with Gasteiger partial charge >= 0.3 is 0 Å². The van der Waals surface area contributed by atoms with E-state index in [0.29, 0.717) is 31.6 Å². The lowest BCUT2D eigenvalue weighted by Crippen LogP contribution is -2.65. The normalized spacial score (nSPS) is 24.1. The van der Waals surface area contributed by atoms with E-state index in [1.54, 1.807) is 4.90 Å². The maximum absolute atomic E-state index is 11.6. The summed E-state index contributed by atoms with van der Waals surface area (Å²) in [6, 6.07) is 0.331. The molecule has 0 bridgehead atoms. The summed E-state index contributed by atoms with van der Waals surface area (Å²) in [7, 11) is 0. The lowest BCUT2D eigenvalue weighted by molar-refractivity contribution is -0.158. The van der Waals surface area contributed by atoms with Gasteiger partial charge in [0.15, 0.2) is 0 Å². The molecular weight excluding hydrogens is 192 g/mol. The van der Waals surface area contributed by atoms with Crippen molar-refractivity contribution >= 4 is 5.91 Å². The van der Waals surface area contributed by atoms with Crippen molar-refractivity contribution in [3.05, 3.63) is 0 Å². The molecule has 15 heavy (non-hydrogen) atoms. The molecule has 2 fully saturated rings. The smallest absolute Gasteiger partial charge is 0.236 e. The second kappa shape index (κ2) is 3.76. The van der Waals surface area contributed by atoms with Crippen LogP contribution < -0.4 is 5.32 Å². The van der Waals surface area contributed by atoms with Gasteiger partial charge in [0.1, 0.15) is 5.60 Å². The quantitative estimate of drug-likeness (QED) is 0.688. The summed E-state index contributed by atoms with van der Waals surface area (Å²) in [5.41, 5.74) is -0.548. The van der Waals surface area contributed by atoms with Crippen LogP contribution in [0.4, 0.5) is 0 Å². The molecule has 1 amide bonds. The maximum atomic E-state index is 11.6. The summed E-state index contributed by atoms with van der Waals surface area (Å²) < 4.78 is 0. The number of rotatable bonds is 4. The second-order valence-electron chi connectivity index (χ2n) is 5.16. The monoisotopic (exact) mass is 212 g/mol. The van der Waals surface area contributed by atoms with Gasteiger partial charge in [-0.15, -0.1) is 0 Å². The predicted molar refractivity (Wildman–Crippen MR) is 57.4 cm³/mol. The minimum absolute atomic E-state index is 0.106. The van der Waals surface area contributed by atoms with Crippen LogP contribution in [0, 0.1) is 5.92 Å². The average Bonchev–Trinajstić information content (AvgIpc) is 2.91. The van der Waals surface area contributed by atoms with Gasteiger partial charge in [0.25, 0.3) is 0 Å². The molecule has 2 aliphatic rings. The lowest BCUT2D eigenvalue weighted by atomic mass is 9.89. The summed E-state index contributed by atoms with van der Waals surface area (Å²) in [6.07, 6.45) is 2.26. The largest absolute Gasteiger partial charge is 0.386 e. The van der Waals surface area contributed by atoms with E-state index in [4.69, 9.17) is 0 Å². The summed E-state index contributed by atoms with van der Waals surface area (Å²) >= 11 is 0. The molecule has 1 aliphatic carbocycles. The van der Waals surface area contributed by atoms with E-state index in [1.807, 2.05) is 13.8 Å². The molecule has 1 saturated heterocycles. The molecule has 4 heteroatoms. The second-order valence-corrected chi connectivity index (χ2v) is 5.16. The Labute approximate surface area is 90.6 Å². The van der Waals surface area contributed by atoms with Crippen LogP contribution >= 0.6 is 0 Å². The Morgan fingerprint density at radius 3 is 2.60 bits per heavy atom. The van der Waals surface area contributed by atoms with Crippen molar-refractivity contribution in [1.82, 2.24) is 10.2 Å². The minimum atomic E-state index is -0.548. The van der Waals surface area contributed by atoms with Gasteiger partial charge in [-0.2, -0.15) is 0 Å². The van der Waals surface area contributed by atoms with Crippen LogP contribution in [0.5, 0.6) is 0 Å². The van der Waals surface area contributed by atoms with Gasteiger partial charge in [0.2, 0.25) is 5.91 Å². The molecule has 1 aliphatic heterocycles. The Hall–Kier alpha value is -0.610. The standard InChI is InChI=1S/C11H20N2O2/c1-8(2)12-5-10(14)13-6-11(15,7-13)9-3-4-9/h8-9,12,15H,3-7H2,1-2H3. The molecule has 1 saturated carbocycles. The fraction of sp³-hybridized carbons (Fsp3) is 0.909. The number of nitrogens with one attached hydrogen (secondary N) is 1. The fourth-order valence-corrected chi connectivity index (χ4v) is 2.07. The van der Waals surface area contributed by atoms with E-state index < -0.39 is 5.60 Å². The highest BCUT2D eigenvalue weighted by molar-refractivity contribution is 5.79. The number of β-amino-alcohol motifs (C(OH)–C–C–N with tert-alkyl or cyclic N) is 1. The molecule has 0 spiro atoms. The summed E-state index contributed by atoms with van der Waals surface area (Å²) in [5.74, 6) is 0.564. The van der Waals surface area contributed by atoms with E-state index in [1.165, 1.54) is 0 Å². The zero-order valence-corrected chi connectivity index (χ0v) is 9.49. The number of hydrogen-bond donors (Lipinski definition) is 2. The molecule has 86 valence electrons. The lowest BCUT2D eigenvalue weighted by Gasteiger charge is -2.47. The first-order valence-electron chi connectivity index (χ1n) is 5.75. The number of hydrogen-bond acceptors (Lipinski definition) is 3. The third-order valence-electron chi connectivity index (χ3n) is 3.28. The number of aliphatic hydroxyl groups is 1. The van der Waals surface area contributed by atoms with Crippen molar-refractivity contribution in [2.75, 3.05) is 19.6 Å². The van der Waals surface area contributed by atoms with Gasteiger partial charge in [-0.05, 0) is 18.8 Å². The van der Waals surface area contributed by atoms with Crippen LogP contribution in [0.15, 0.2) is 0 Å². The molecule has 4 nitrogen and oxygen atoms in total. The molecule has 0 unspecified atom stereocenters. The van der Waals surface area contributed by atoms with Crippen molar-refractivity contribution < 1.29 is 9.90 Å².